The lowest BCUT2D eigenvalue weighted by molar-refractivity contribution is 1.24. The molecule has 0 aromatic carbocycles. The second kappa shape index (κ2) is 5.30. The van der Waals surface area contributed by atoms with E-state index in [1.165, 1.54) is 6.20 Å². The molecule has 18 heavy (non-hydrogen) atoms. The van der Waals surface area contributed by atoms with Gasteiger partial charge in [-0.15, -0.1) is 0 Å². The SMILES string of the molecule is N#Cc1cccnc1-c1cnc(Cl)c(C#N)c1I. The highest BCUT2D eigenvalue weighted by Crippen LogP contribution is 2.30. The zero-order valence-electron chi connectivity index (χ0n) is 8.85. The lowest BCUT2D eigenvalue weighted by Crippen LogP contribution is -1.96. The predicted octanol–water partition coefficient (Wildman–Crippen LogP) is 3.14. The molecule has 0 bridgehead atoms. The maximum atomic E-state index is 9.05. The van der Waals surface area contributed by atoms with Crippen molar-refractivity contribution in [1.82, 2.24) is 9.97 Å². The van der Waals surface area contributed by atoms with E-state index in [9.17, 15) is 0 Å². The first-order chi connectivity index (χ1) is 8.69. The van der Waals surface area contributed by atoms with Crippen molar-refractivity contribution in [3.63, 3.8) is 0 Å². The maximum Gasteiger partial charge on any atom is 0.147 e. The predicted molar refractivity (Wildman–Crippen MR) is 74.6 cm³/mol. The number of halogens is 2. The van der Waals surface area contributed by atoms with E-state index in [0.717, 1.165) is 0 Å². The maximum absolute atomic E-state index is 9.05. The number of hydrogen-bond acceptors (Lipinski definition) is 4. The smallest absolute Gasteiger partial charge is 0.147 e. The minimum Gasteiger partial charge on any atom is -0.255 e. The molecule has 0 amide bonds. The third-order valence-corrected chi connectivity index (χ3v) is 3.67. The molecular formula is C12H4ClIN4. The summed E-state index contributed by atoms with van der Waals surface area (Å²) < 4.78 is 0.644. The molecule has 2 heterocycles. The van der Waals surface area contributed by atoms with Crippen LogP contribution in [0.1, 0.15) is 11.1 Å². The van der Waals surface area contributed by atoms with E-state index in [4.69, 9.17) is 22.1 Å². The Hall–Kier alpha value is -1.70. The summed E-state index contributed by atoms with van der Waals surface area (Å²) in [5.74, 6) is 0. The largest absolute Gasteiger partial charge is 0.255 e. The first-order valence-electron chi connectivity index (χ1n) is 4.78. The topological polar surface area (TPSA) is 73.4 Å². The summed E-state index contributed by atoms with van der Waals surface area (Å²) in [6.45, 7) is 0. The van der Waals surface area contributed by atoms with Crippen molar-refractivity contribution in [3.05, 3.63) is 44.4 Å². The van der Waals surface area contributed by atoms with Crippen LogP contribution in [0, 0.1) is 26.2 Å². The molecule has 0 fully saturated rings. The van der Waals surface area contributed by atoms with E-state index in [1.54, 1.807) is 18.3 Å². The third kappa shape index (κ3) is 2.15. The summed E-state index contributed by atoms with van der Waals surface area (Å²) >= 11 is 7.85. The number of rotatable bonds is 1. The van der Waals surface area contributed by atoms with Crippen LogP contribution in [0.4, 0.5) is 0 Å². The number of pyridine rings is 2. The zero-order chi connectivity index (χ0) is 13.1. The Morgan fingerprint density at radius 1 is 1.22 bits per heavy atom. The molecule has 0 aliphatic rings. The first kappa shape index (κ1) is 12.7. The highest BCUT2D eigenvalue weighted by molar-refractivity contribution is 14.1. The molecule has 0 unspecified atom stereocenters. The number of aromatic nitrogens is 2. The van der Waals surface area contributed by atoms with Crippen LogP contribution in [0.15, 0.2) is 24.5 Å². The lowest BCUT2D eigenvalue weighted by Gasteiger charge is -2.07. The molecule has 0 N–H and O–H groups in total. The molecule has 6 heteroatoms. The van der Waals surface area contributed by atoms with Gasteiger partial charge in [0.2, 0.25) is 0 Å². The highest BCUT2D eigenvalue weighted by Gasteiger charge is 2.15. The second-order valence-corrected chi connectivity index (χ2v) is 4.71. The van der Waals surface area contributed by atoms with Gasteiger partial charge in [-0.05, 0) is 34.7 Å². The van der Waals surface area contributed by atoms with Crippen molar-refractivity contribution < 1.29 is 0 Å². The van der Waals surface area contributed by atoms with Gasteiger partial charge in [0.1, 0.15) is 22.9 Å². The summed E-state index contributed by atoms with van der Waals surface area (Å²) in [5.41, 5.74) is 1.87. The van der Waals surface area contributed by atoms with Gasteiger partial charge in [0, 0.05) is 21.5 Å². The van der Waals surface area contributed by atoms with Gasteiger partial charge in [0.25, 0.3) is 0 Å². The summed E-state index contributed by atoms with van der Waals surface area (Å²) in [4.78, 5) is 8.12. The van der Waals surface area contributed by atoms with Gasteiger partial charge >= 0.3 is 0 Å². The number of nitriles is 2. The van der Waals surface area contributed by atoms with Gasteiger partial charge in [0.15, 0.2) is 0 Å². The molecule has 0 aliphatic carbocycles. The van der Waals surface area contributed by atoms with Crippen LogP contribution >= 0.6 is 34.2 Å². The first-order valence-corrected chi connectivity index (χ1v) is 6.24. The van der Waals surface area contributed by atoms with Crippen molar-refractivity contribution in [1.29, 1.82) is 10.5 Å². The van der Waals surface area contributed by atoms with Gasteiger partial charge in [-0.2, -0.15) is 10.5 Å². The fourth-order valence-electron chi connectivity index (χ4n) is 1.44. The van der Waals surface area contributed by atoms with Gasteiger partial charge in [-0.1, -0.05) is 11.6 Å². The van der Waals surface area contributed by atoms with Crippen LogP contribution in [-0.2, 0) is 0 Å². The van der Waals surface area contributed by atoms with Gasteiger partial charge in [-0.3, -0.25) is 4.98 Å². The molecule has 2 rings (SSSR count). The quantitative estimate of drug-likeness (QED) is 0.574. The molecule has 4 nitrogen and oxygen atoms in total. The second-order valence-electron chi connectivity index (χ2n) is 3.27. The lowest BCUT2D eigenvalue weighted by atomic mass is 10.1. The van der Waals surface area contributed by atoms with E-state index >= 15 is 0 Å². The molecular weight excluding hydrogens is 363 g/mol. The van der Waals surface area contributed by atoms with E-state index < -0.39 is 0 Å². The van der Waals surface area contributed by atoms with Gasteiger partial charge in [0.05, 0.1) is 11.3 Å². The fraction of sp³-hybridized carbons (Fsp3) is 0. The van der Waals surface area contributed by atoms with Gasteiger partial charge in [-0.25, -0.2) is 4.98 Å². The molecule has 0 spiro atoms. The third-order valence-electron chi connectivity index (χ3n) is 2.26. The molecule has 0 saturated carbocycles. The van der Waals surface area contributed by atoms with Crippen molar-refractivity contribution in [3.8, 4) is 23.4 Å². The van der Waals surface area contributed by atoms with Crippen LogP contribution in [0.2, 0.25) is 5.15 Å². The Morgan fingerprint density at radius 3 is 2.67 bits per heavy atom. The fourth-order valence-corrected chi connectivity index (χ4v) is 2.55. The van der Waals surface area contributed by atoms with E-state index in [1.807, 2.05) is 28.7 Å². The minimum absolute atomic E-state index is 0.153. The van der Waals surface area contributed by atoms with Crippen molar-refractivity contribution in [2.75, 3.05) is 0 Å². The standard InChI is InChI=1S/C12H4ClIN4/c13-12-8(5-16)10(14)9(6-18-12)11-7(4-15)2-1-3-17-11/h1-3,6H. The Balaban J connectivity index is 2.75. The summed E-state index contributed by atoms with van der Waals surface area (Å²) in [6.07, 6.45) is 3.11. The Bertz CT molecular complexity index is 700. The van der Waals surface area contributed by atoms with Gasteiger partial charge < -0.3 is 0 Å². The molecule has 86 valence electrons. The van der Waals surface area contributed by atoms with Crippen LogP contribution in [0.3, 0.4) is 0 Å². The summed E-state index contributed by atoms with van der Waals surface area (Å²) in [5, 5.41) is 18.2. The molecule has 0 radical (unpaired) electrons. The average molecular weight is 367 g/mol. The Morgan fingerprint density at radius 2 is 2.00 bits per heavy atom. The normalized spacial score (nSPS) is 9.56. The average Bonchev–Trinajstić information content (AvgIpc) is 2.39. The molecule has 0 atom stereocenters. The van der Waals surface area contributed by atoms with Crippen molar-refractivity contribution in [2.24, 2.45) is 0 Å². The van der Waals surface area contributed by atoms with Crippen molar-refractivity contribution >= 4 is 34.2 Å². The Kier molecular flexibility index (Phi) is 3.75. The Labute approximate surface area is 122 Å². The monoisotopic (exact) mass is 366 g/mol. The molecule has 0 aliphatic heterocycles. The van der Waals surface area contributed by atoms with E-state index in [0.29, 0.717) is 26.0 Å². The summed E-state index contributed by atoms with van der Waals surface area (Å²) in [7, 11) is 0. The molecule has 2 aromatic heterocycles. The van der Waals surface area contributed by atoms with Crippen LogP contribution < -0.4 is 0 Å². The molecule has 2 aromatic rings. The molecule has 0 saturated heterocycles. The zero-order valence-corrected chi connectivity index (χ0v) is 11.8. The number of hydrogen-bond donors (Lipinski definition) is 0. The van der Waals surface area contributed by atoms with Crippen LogP contribution in [0.25, 0.3) is 11.3 Å². The van der Waals surface area contributed by atoms with Crippen LogP contribution in [-0.4, -0.2) is 9.97 Å². The summed E-state index contributed by atoms with van der Waals surface area (Å²) in [6, 6.07) is 7.41. The van der Waals surface area contributed by atoms with Crippen molar-refractivity contribution in [2.45, 2.75) is 0 Å². The number of nitrogens with zero attached hydrogens (tertiary/aromatic N) is 4. The highest BCUT2D eigenvalue weighted by atomic mass is 127. The minimum atomic E-state index is 0.153. The van der Waals surface area contributed by atoms with E-state index in [2.05, 4.69) is 16.0 Å². The van der Waals surface area contributed by atoms with Crippen LogP contribution in [0.5, 0.6) is 0 Å². The van der Waals surface area contributed by atoms with E-state index in [-0.39, 0.29) is 5.15 Å².